The highest BCUT2D eigenvalue weighted by atomic mass is 32.2. The fraction of sp³-hybridized carbons (Fsp3) is 0. The van der Waals surface area contributed by atoms with Gasteiger partial charge in [0.1, 0.15) is 5.58 Å². The minimum Gasteiger partial charge on any atom is -0.451 e. The van der Waals surface area contributed by atoms with Crippen LogP contribution < -0.4 is 10.5 Å². The third-order valence-corrected chi connectivity index (χ3v) is 4.27. The Morgan fingerprint density at radius 3 is 2.54 bits per heavy atom. The number of amides is 1. The first kappa shape index (κ1) is 15.8. The molecule has 3 N–H and O–H groups in total. The summed E-state index contributed by atoms with van der Waals surface area (Å²) in [6.45, 7) is 0. The van der Waals surface area contributed by atoms with Crippen LogP contribution in [0.1, 0.15) is 16.1 Å². The first-order chi connectivity index (χ1) is 11.4. The molecule has 0 saturated heterocycles. The van der Waals surface area contributed by atoms with Crippen molar-refractivity contribution in [3.05, 3.63) is 71.3 Å². The maximum atomic E-state index is 12.1. The lowest BCUT2D eigenvalue weighted by Gasteiger charge is -2.04. The van der Waals surface area contributed by atoms with Gasteiger partial charge in [-0.3, -0.25) is 9.52 Å². The maximum absolute atomic E-state index is 12.1. The minimum absolute atomic E-state index is 0.0222. The zero-order valence-electron chi connectivity index (χ0n) is 12.5. The van der Waals surface area contributed by atoms with Crippen molar-refractivity contribution in [2.75, 3.05) is 4.72 Å². The Morgan fingerprint density at radius 1 is 1.08 bits per heavy atom. The molecule has 2 aromatic carbocycles. The van der Waals surface area contributed by atoms with E-state index in [0.29, 0.717) is 16.7 Å². The third kappa shape index (κ3) is 3.64. The molecule has 0 aliphatic rings. The van der Waals surface area contributed by atoms with Crippen molar-refractivity contribution in [1.29, 1.82) is 0 Å². The number of sulfonamides is 1. The minimum atomic E-state index is -3.66. The molecule has 1 aromatic heterocycles. The summed E-state index contributed by atoms with van der Waals surface area (Å²) >= 11 is 0. The van der Waals surface area contributed by atoms with Gasteiger partial charge in [-0.1, -0.05) is 30.3 Å². The highest BCUT2D eigenvalue weighted by Crippen LogP contribution is 2.23. The topological polar surface area (TPSA) is 102 Å². The molecule has 122 valence electrons. The molecule has 3 rings (SSSR count). The van der Waals surface area contributed by atoms with Gasteiger partial charge in [-0.05, 0) is 35.9 Å². The van der Waals surface area contributed by atoms with Crippen LogP contribution in [0.4, 0.5) is 5.69 Å². The monoisotopic (exact) mass is 342 g/mol. The smallest absolute Gasteiger partial charge is 0.284 e. The molecule has 0 fully saturated rings. The van der Waals surface area contributed by atoms with Gasteiger partial charge >= 0.3 is 0 Å². The summed E-state index contributed by atoms with van der Waals surface area (Å²) in [7, 11) is -3.66. The highest BCUT2D eigenvalue weighted by molar-refractivity contribution is 7.95. The Labute approximate surface area is 138 Å². The number of nitrogens with one attached hydrogen (secondary N) is 1. The van der Waals surface area contributed by atoms with Gasteiger partial charge in [0.25, 0.3) is 15.9 Å². The summed E-state index contributed by atoms with van der Waals surface area (Å²) in [6.07, 6.45) is 1.50. The second kappa shape index (κ2) is 6.21. The van der Waals surface area contributed by atoms with E-state index in [9.17, 15) is 13.2 Å². The van der Waals surface area contributed by atoms with Crippen molar-refractivity contribution in [3.8, 4) is 0 Å². The number of fused-ring (bicyclic) bond motifs is 1. The summed E-state index contributed by atoms with van der Waals surface area (Å²) in [4.78, 5) is 11.1. The van der Waals surface area contributed by atoms with Gasteiger partial charge < -0.3 is 10.2 Å². The molecule has 6 nitrogen and oxygen atoms in total. The van der Waals surface area contributed by atoms with Gasteiger partial charge in [-0.15, -0.1) is 0 Å². The molecule has 3 aromatic rings. The van der Waals surface area contributed by atoms with E-state index < -0.39 is 15.9 Å². The summed E-state index contributed by atoms with van der Waals surface area (Å²) in [5.74, 6) is -0.659. The standard InChI is InChI=1S/C17H14N2O4S/c18-17(20)16-11-13-10-14(6-7-15(13)23-16)19-24(21,22)9-8-12-4-2-1-3-5-12/h1-11,19H,(H2,18,20). The van der Waals surface area contributed by atoms with Gasteiger partial charge in [0.15, 0.2) is 5.76 Å². The maximum Gasteiger partial charge on any atom is 0.284 e. The Balaban J connectivity index is 1.83. The van der Waals surface area contributed by atoms with Crippen LogP contribution in [-0.4, -0.2) is 14.3 Å². The number of anilines is 1. The van der Waals surface area contributed by atoms with E-state index in [2.05, 4.69) is 4.72 Å². The van der Waals surface area contributed by atoms with Gasteiger partial charge in [-0.25, -0.2) is 8.42 Å². The molecule has 0 radical (unpaired) electrons. The van der Waals surface area contributed by atoms with E-state index in [4.69, 9.17) is 10.2 Å². The van der Waals surface area contributed by atoms with Gasteiger partial charge in [0, 0.05) is 11.1 Å². The van der Waals surface area contributed by atoms with Gasteiger partial charge in [0.2, 0.25) is 0 Å². The van der Waals surface area contributed by atoms with Crippen molar-refractivity contribution >= 4 is 38.7 Å². The summed E-state index contributed by atoms with van der Waals surface area (Å²) in [6, 6.07) is 15.2. The van der Waals surface area contributed by atoms with Crippen LogP contribution in [0, 0.1) is 0 Å². The molecule has 0 aliphatic heterocycles. The normalized spacial score (nSPS) is 11.8. The molecule has 0 unspecified atom stereocenters. The average molecular weight is 342 g/mol. The van der Waals surface area contributed by atoms with E-state index in [1.165, 1.54) is 12.1 Å². The molecule has 0 saturated carbocycles. The van der Waals surface area contributed by atoms with Crippen LogP contribution >= 0.6 is 0 Å². The number of hydrogen-bond donors (Lipinski definition) is 2. The Kier molecular flexibility index (Phi) is 4.09. The van der Waals surface area contributed by atoms with Crippen LogP contribution in [0.2, 0.25) is 0 Å². The summed E-state index contributed by atoms with van der Waals surface area (Å²) in [5, 5.41) is 1.67. The molecule has 0 spiro atoms. The van der Waals surface area contributed by atoms with Crippen LogP contribution in [-0.2, 0) is 10.0 Å². The molecule has 7 heteroatoms. The van der Waals surface area contributed by atoms with E-state index in [-0.39, 0.29) is 5.76 Å². The number of benzene rings is 2. The molecular weight excluding hydrogens is 328 g/mol. The first-order valence-electron chi connectivity index (χ1n) is 7.02. The fourth-order valence-corrected chi connectivity index (χ4v) is 3.02. The molecule has 24 heavy (non-hydrogen) atoms. The molecule has 1 amide bonds. The average Bonchev–Trinajstić information content (AvgIpc) is 2.97. The van der Waals surface area contributed by atoms with Gasteiger partial charge in [0.05, 0.1) is 5.41 Å². The number of nitrogens with two attached hydrogens (primary N) is 1. The van der Waals surface area contributed by atoms with Crippen molar-refractivity contribution in [2.45, 2.75) is 0 Å². The lowest BCUT2D eigenvalue weighted by Crippen LogP contribution is -2.09. The van der Waals surface area contributed by atoms with Crippen LogP contribution in [0.15, 0.2) is 64.4 Å². The Hall–Kier alpha value is -3.06. The van der Waals surface area contributed by atoms with Crippen molar-refractivity contribution in [2.24, 2.45) is 5.73 Å². The third-order valence-electron chi connectivity index (χ3n) is 3.26. The predicted octanol–water partition coefficient (Wildman–Crippen LogP) is 2.94. The number of hydrogen-bond acceptors (Lipinski definition) is 4. The van der Waals surface area contributed by atoms with Crippen molar-refractivity contribution in [1.82, 2.24) is 0 Å². The predicted molar refractivity (Wildman–Crippen MR) is 92.8 cm³/mol. The van der Waals surface area contributed by atoms with Crippen LogP contribution in [0.25, 0.3) is 17.0 Å². The van der Waals surface area contributed by atoms with E-state index in [1.54, 1.807) is 30.3 Å². The zero-order valence-corrected chi connectivity index (χ0v) is 13.3. The first-order valence-corrected chi connectivity index (χ1v) is 8.57. The SMILES string of the molecule is NC(=O)c1cc2cc(NS(=O)(=O)C=Cc3ccccc3)ccc2o1. The van der Waals surface area contributed by atoms with Gasteiger partial charge in [-0.2, -0.15) is 0 Å². The van der Waals surface area contributed by atoms with Crippen molar-refractivity contribution in [3.63, 3.8) is 0 Å². The molecule has 1 heterocycles. The number of primary amides is 1. The van der Waals surface area contributed by atoms with Crippen LogP contribution in [0.5, 0.6) is 0 Å². The lowest BCUT2D eigenvalue weighted by molar-refractivity contribution is 0.0976. The number of carbonyl (C=O) groups is 1. The fourth-order valence-electron chi connectivity index (χ4n) is 2.16. The van der Waals surface area contributed by atoms with E-state index in [1.807, 2.05) is 18.2 Å². The number of carbonyl (C=O) groups excluding carboxylic acids is 1. The Morgan fingerprint density at radius 2 is 1.83 bits per heavy atom. The molecule has 0 atom stereocenters. The van der Waals surface area contributed by atoms with Crippen LogP contribution in [0.3, 0.4) is 0 Å². The second-order valence-electron chi connectivity index (χ2n) is 5.09. The largest absolute Gasteiger partial charge is 0.451 e. The molecule has 0 aliphatic carbocycles. The molecular formula is C17H14N2O4S. The van der Waals surface area contributed by atoms with E-state index >= 15 is 0 Å². The quantitative estimate of drug-likeness (QED) is 0.744. The number of rotatable bonds is 5. The molecule has 0 bridgehead atoms. The second-order valence-corrected chi connectivity index (χ2v) is 6.65. The summed E-state index contributed by atoms with van der Waals surface area (Å²) in [5.41, 5.74) is 6.74. The number of furan rings is 1. The van der Waals surface area contributed by atoms with E-state index in [0.717, 1.165) is 11.0 Å². The highest BCUT2D eigenvalue weighted by Gasteiger charge is 2.11. The Bertz CT molecular complexity index is 1020. The zero-order chi connectivity index (χ0) is 17.2. The summed E-state index contributed by atoms with van der Waals surface area (Å²) < 4.78 is 32.0. The lowest BCUT2D eigenvalue weighted by atomic mass is 10.2. The van der Waals surface area contributed by atoms with Crippen molar-refractivity contribution < 1.29 is 17.6 Å².